The highest BCUT2D eigenvalue weighted by molar-refractivity contribution is 8.15. The van der Waals surface area contributed by atoms with Crippen LogP contribution in [0.5, 0.6) is 0 Å². The minimum Gasteiger partial charge on any atom is -0.466 e. The minimum atomic E-state index is -0.356. The first-order valence-corrected chi connectivity index (χ1v) is 6.78. The number of amidine groups is 1. The average molecular weight is 295 g/mol. The number of nitrogens with one attached hydrogen (secondary N) is 1. The normalized spacial score (nSPS) is 20.6. The topological polar surface area (TPSA) is 93.3 Å². The summed E-state index contributed by atoms with van der Waals surface area (Å²) in [5.74, 6) is 0.0644. The van der Waals surface area contributed by atoms with E-state index in [4.69, 9.17) is 9.15 Å². The molecule has 0 bridgehead atoms. The van der Waals surface area contributed by atoms with Crippen LogP contribution in [-0.2, 0) is 14.3 Å². The molecule has 7 nitrogen and oxygen atoms in total. The SMILES string of the molecule is CC(=O)OCC[C@H]1S/C(=N\N=C/c2ccco2)NC1=O. The van der Waals surface area contributed by atoms with Crippen molar-refractivity contribution < 1.29 is 18.7 Å². The highest BCUT2D eigenvalue weighted by Gasteiger charge is 2.30. The number of carbonyl (C=O) groups is 2. The summed E-state index contributed by atoms with van der Waals surface area (Å²) in [6.07, 6.45) is 3.43. The zero-order chi connectivity index (χ0) is 14.4. The molecule has 106 valence electrons. The van der Waals surface area contributed by atoms with Crippen molar-refractivity contribution in [3.63, 3.8) is 0 Å². The van der Waals surface area contributed by atoms with E-state index in [1.165, 1.54) is 31.2 Å². The lowest BCUT2D eigenvalue weighted by Gasteiger charge is -2.04. The van der Waals surface area contributed by atoms with Crippen molar-refractivity contribution in [2.75, 3.05) is 6.61 Å². The Hall–Kier alpha value is -2.09. The molecule has 0 aliphatic carbocycles. The minimum absolute atomic E-state index is 0.158. The molecule has 0 radical (unpaired) electrons. The van der Waals surface area contributed by atoms with Crippen molar-refractivity contribution in [1.29, 1.82) is 0 Å². The molecule has 0 spiro atoms. The first-order valence-electron chi connectivity index (χ1n) is 5.90. The molecule has 1 amide bonds. The number of nitrogens with zero attached hydrogens (tertiary/aromatic N) is 2. The molecule has 1 N–H and O–H groups in total. The molecular weight excluding hydrogens is 282 g/mol. The average Bonchev–Trinajstić information content (AvgIpc) is 3.00. The lowest BCUT2D eigenvalue weighted by molar-refractivity contribution is -0.141. The summed E-state index contributed by atoms with van der Waals surface area (Å²) in [5.41, 5.74) is 0. The summed E-state index contributed by atoms with van der Waals surface area (Å²) in [4.78, 5) is 22.3. The van der Waals surface area contributed by atoms with Crippen molar-refractivity contribution in [3.05, 3.63) is 24.2 Å². The van der Waals surface area contributed by atoms with Gasteiger partial charge in [0.2, 0.25) is 5.91 Å². The Bertz CT molecular complexity index is 539. The number of ether oxygens (including phenoxy) is 1. The van der Waals surface area contributed by atoms with Crippen molar-refractivity contribution in [3.8, 4) is 0 Å². The summed E-state index contributed by atoms with van der Waals surface area (Å²) in [6, 6.07) is 3.48. The predicted octanol–water partition coefficient (Wildman–Crippen LogP) is 1.15. The van der Waals surface area contributed by atoms with E-state index in [1.54, 1.807) is 12.1 Å². The second-order valence-electron chi connectivity index (χ2n) is 3.89. The molecular formula is C12H13N3O4S. The number of esters is 1. The number of hydrogen-bond donors (Lipinski definition) is 1. The first kappa shape index (κ1) is 14.3. The molecule has 0 saturated carbocycles. The molecule has 0 unspecified atom stereocenters. The van der Waals surface area contributed by atoms with Gasteiger partial charge >= 0.3 is 5.97 Å². The summed E-state index contributed by atoms with van der Waals surface area (Å²) in [7, 11) is 0. The molecule has 0 aromatic carbocycles. The highest BCUT2D eigenvalue weighted by Crippen LogP contribution is 2.22. The Kier molecular flexibility index (Phi) is 4.94. The van der Waals surface area contributed by atoms with Crippen molar-refractivity contribution in [1.82, 2.24) is 5.32 Å². The lowest BCUT2D eigenvalue weighted by atomic mass is 10.3. The van der Waals surface area contributed by atoms with E-state index in [2.05, 4.69) is 15.5 Å². The summed E-state index contributed by atoms with van der Waals surface area (Å²) in [6.45, 7) is 1.54. The molecule has 2 rings (SSSR count). The monoisotopic (exact) mass is 295 g/mol. The molecule has 8 heteroatoms. The van der Waals surface area contributed by atoms with Gasteiger partial charge in [-0.1, -0.05) is 11.8 Å². The van der Waals surface area contributed by atoms with Crippen LogP contribution in [0.25, 0.3) is 0 Å². The van der Waals surface area contributed by atoms with Crippen molar-refractivity contribution >= 4 is 35.0 Å². The number of amides is 1. The Labute approximate surface area is 119 Å². The van der Waals surface area contributed by atoms with Crippen LogP contribution in [0.3, 0.4) is 0 Å². The summed E-state index contributed by atoms with van der Waals surface area (Å²) >= 11 is 1.26. The van der Waals surface area contributed by atoms with Gasteiger partial charge in [-0.3, -0.25) is 9.59 Å². The molecule has 1 aromatic heterocycles. The quantitative estimate of drug-likeness (QED) is 0.500. The van der Waals surface area contributed by atoms with Crippen LogP contribution in [-0.4, -0.2) is 35.1 Å². The fourth-order valence-corrected chi connectivity index (χ4v) is 2.36. The van der Waals surface area contributed by atoms with Crippen LogP contribution in [0.4, 0.5) is 0 Å². The third-order valence-electron chi connectivity index (χ3n) is 2.34. The third kappa shape index (κ3) is 4.23. The Balaban J connectivity index is 1.83. The van der Waals surface area contributed by atoms with Gasteiger partial charge in [-0.2, -0.15) is 5.10 Å². The maximum absolute atomic E-state index is 11.6. The summed E-state index contributed by atoms with van der Waals surface area (Å²) < 4.78 is 9.86. The molecule has 1 aliphatic heterocycles. The van der Waals surface area contributed by atoms with E-state index in [9.17, 15) is 9.59 Å². The van der Waals surface area contributed by atoms with Crippen LogP contribution < -0.4 is 5.32 Å². The number of carbonyl (C=O) groups excluding carboxylic acids is 2. The molecule has 1 saturated heterocycles. The fourth-order valence-electron chi connectivity index (χ4n) is 1.45. The number of furan rings is 1. The number of thioether (sulfide) groups is 1. The van der Waals surface area contributed by atoms with Gasteiger partial charge in [0.05, 0.1) is 24.3 Å². The van der Waals surface area contributed by atoms with Crippen LogP contribution in [0.15, 0.2) is 33.0 Å². The zero-order valence-corrected chi connectivity index (χ0v) is 11.6. The fraction of sp³-hybridized carbons (Fsp3) is 0.333. The molecule has 1 fully saturated rings. The molecule has 1 atom stereocenters. The lowest BCUT2D eigenvalue weighted by Crippen LogP contribution is -2.25. The molecule has 20 heavy (non-hydrogen) atoms. The maximum Gasteiger partial charge on any atom is 0.302 e. The van der Waals surface area contributed by atoms with E-state index in [-0.39, 0.29) is 23.7 Å². The van der Waals surface area contributed by atoms with E-state index < -0.39 is 0 Å². The Morgan fingerprint density at radius 3 is 3.20 bits per heavy atom. The van der Waals surface area contributed by atoms with Gasteiger partial charge < -0.3 is 14.5 Å². The highest BCUT2D eigenvalue weighted by atomic mass is 32.2. The van der Waals surface area contributed by atoms with Crippen LogP contribution >= 0.6 is 11.8 Å². The predicted molar refractivity (Wildman–Crippen MR) is 74.5 cm³/mol. The molecule has 1 aromatic rings. The van der Waals surface area contributed by atoms with Gasteiger partial charge in [0, 0.05) is 13.3 Å². The van der Waals surface area contributed by atoms with Crippen LogP contribution in [0.1, 0.15) is 19.1 Å². The Morgan fingerprint density at radius 2 is 2.50 bits per heavy atom. The van der Waals surface area contributed by atoms with E-state index in [1.807, 2.05) is 0 Å². The van der Waals surface area contributed by atoms with Gasteiger partial charge in [0.1, 0.15) is 5.76 Å². The largest absolute Gasteiger partial charge is 0.466 e. The van der Waals surface area contributed by atoms with Gasteiger partial charge in [0.25, 0.3) is 0 Å². The standard InChI is InChI=1S/C12H13N3O4S/c1-8(16)18-6-4-10-11(17)14-12(20-10)15-13-7-9-3-2-5-19-9/h2-3,5,7,10H,4,6H2,1H3,(H,14,15,17)/b13-7-/t10-/m1/s1. The van der Waals surface area contributed by atoms with Gasteiger partial charge in [-0.25, -0.2) is 0 Å². The van der Waals surface area contributed by atoms with Gasteiger partial charge in [0.15, 0.2) is 5.17 Å². The third-order valence-corrected chi connectivity index (χ3v) is 3.48. The number of rotatable bonds is 5. The van der Waals surface area contributed by atoms with E-state index in [0.29, 0.717) is 17.3 Å². The maximum atomic E-state index is 11.6. The molecule has 1 aliphatic rings. The second-order valence-corrected chi connectivity index (χ2v) is 5.08. The van der Waals surface area contributed by atoms with E-state index >= 15 is 0 Å². The van der Waals surface area contributed by atoms with Crippen molar-refractivity contribution in [2.24, 2.45) is 10.2 Å². The zero-order valence-electron chi connectivity index (χ0n) is 10.7. The second kappa shape index (κ2) is 6.90. The van der Waals surface area contributed by atoms with Crippen LogP contribution in [0.2, 0.25) is 0 Å². The smallest absolute Gasteiger partial charge is 0.302 e. The van der Waals surface area contributed by atoms with Crippen LogP contribution in [0, 0.1) is 0 Å². The summed E-state index contributed by atoms with van der Waals surface area (Å²) in [5, 5.41) is 10.4. The van der Waals surface area contributed by atoms with Gasteiger partial charge in [-0.05, 0) is 12.1 Å². The Morgan fingerprint density at radius 1 is 1.65 bits per heavy atom. The van der Waals surface area contributed by atoms with Crippen molar-refractivity contribution in [2.45, 2.75) is 18.6 Å². The number of hydrogen-bond acceptors (Lipinski definition) is 7. The first-order chi connectivity index (χ1) is 9.65. The van der Waals surface area contributed by atoms with E-state index in [0.717, 1.165) is 0 Å². The van der Waals surface area contributed by atoms with Gasteiger partial charge in [-0.15, -0.1) is 5.10 Å². The molecule has 2 heterocycles.